The molecule has 1 aromatic carbocycles. The van der Waals surface area contributed by atoms with Crippen molar-refractivity contribution in [2.24, 2.45) is 5.10 Å². The highest BCUT2D eigenvalue weighted by atomic mass is 16.2. The minimum absolute atomic E-state index is 0.104. The summed E-state index contributed by atoms with van der Waals surface area (Å²) < 4.78 is 0. The highest BCUT2D eigenvalue weighted by Gasteiger charge is 2.25. The van der Waals surface area contributed by atoms with Crippen molar-refractivity contribution in [3.05, 3.63) is 35.4 Å². The molecule has 4 N–H and O–H groups in total. The van der Waals surface area contributed by atoms with Crippen LogP contribution in [-0.2, 0) is 16.0 Å². The van der Waals surface area contributed by atoms with Gasteiger partial charge < -0.3 is 0 Å². The summed E-state index contributed by atoms with van der Waals surface area (Å²) >= 11 is 0. The number of urea groups is 1. The molecule has 1 saturated heterocycles. The van der Waals surface area contributed by atoms with Crippen LogP contribution in [0.25, 0.3) is 0 Å². The molecule has 0 aromatic heterocycles. The molecule has 4 amide bonds. The first kappa shape index (κ1) is 16.6. The number of imide groups is 1. The minimum atomic E-state index is -0.635. The predicted octanol–water partition coefficient (Wildman–Crippen LogP) is 0.192. The molecule has 23 heavy (non-hydrogen) atoms. The van der Waals surface area contributed by atoms with Crippen LogP contribution >= 0.6 is 0 Å². The number of amides is 4. The molecule has 0 radical (unpaired) electrons. The van der Waals surface area contributed by atoms with E-state index in [1.54, 1.807) is 6.21 Å². The summed E-state index contributed by atoms with van der Waals surface area (Å²) in [4.78, 5) is 34.0. The summed E-state index contributed by atoms with van der Waals surface area (Å²) in [5, 5.41) is 5.99. The molecule has 0 bridgehead atoms. The number of carbonyl (C=O) groups is 3. The first-order chi connectivity index (χ1) is 11.1. The van der Waals surface area contributed by atoms with E-state index in [0.717, 1.165) is 12.0 Å². The van der Waals surface area contributed by atoms with E-state index in [9.17, 15) is 14.4 Å². The fourth-order valence-electron chi connectivity index (χ4n) is 2.00. The minimum Gasteiger partial charge on any atom is -0.276 e. The third-order valence-electron chi connectivity index (χ3n) is 3.36. The Hall–Kier alpha value is -2.74. The zero-order valence-electron chi connectivity index (χ0n) is 12.8. The summed E-state index contributed by atoms with van der Waals surface area (Å²) in [7, 11) is 0. The molecular weight excluding hydrogens is 298 g/mol. The van der Waals surface area contributed by atoms with Gasteiger partial charge in [0.05, 0.1) is 6.21 Å². The van der Waals surface area contributed by atoms with E-state index < -0.39 is 18.0 Å². The maximum absolute atomic E-state index is 11.7. The van der Waals surface area contributed by atoms with Crippen LogP contribution in [0, 0.1) is 0 Å². The summed E-state index contributed by atoms with van der Waals surface area (Å²) in [5.41, 5.74) is 9.34. The molecule has 1 unspecified atom stereocenters. The topological polar surface area (TPSA) is 112 Å². The van der Waals surface area contributed by atoms with E-state index in [0.29, 0.717) is 0 Å². The van der Waals surface area contributed by atoms with E-state index in [1.165, 1.54) is 5.56 Å². The molecular formula is C15H19N5O3. The largest absolute Gasteiger partial charge is 0.335 e. The van der Waals surface area contributed by atoms with Crippen LogP contribution in [0.4, 0.5) is 4.79 Å². The van der Waals surface area contributed by atoms with E-state index in [4.69, 9.17) is 0 Å². The van der Waals surface area contributed by atoms with Crippen LogP contribution in [0.3, 0.4) is 0 Å². The van der Waals surface area contributed by atoms with Crippen molar-refractivity contribution in [3.8, 4) is 0 Å². The quantitative estimate of drug-likeness (QED) is 0.443. The zero-order chi connectivity index (χ0) is 16.7. The van der Waals surface area contributed by atoms with Crippen molar-refractivity contribution in [3.63, 3.8) is 0 Å². The van der Waals surface area contributed by atoms with Gasteiger partial charge in [-0.3, -0.25) is 20.3 Å². The van der Waals surface area contributed by atoms with Gasteiger partial charge in [0.15, 0.2) is 0 Å². The molecule has 1 aliphatic rings. The van der Waals surface area contributed by atoms with Crippen LogP contribution < -0.4 is 21.6 Å². The summed E-state index contributed by atoms with van der Waals surface area (Å²) in [6, 6.07) is 6.62. The number of nitrogens with zero attached hydrogens (tertiary/aromatic N) is 1. The number of rotatable bonds is 6. The lowest BCUT2D eigenvalue weighted by molar-refractivity contribution is -0.124. The second-order valence-electron chi connectivity index (χ2n) is 5.07. The lowest BCUT2D eigenvalue weighted by atomic mass is 10.1. The van der Waals surface area contributed by atoms with E-state index in [1.807, 2.05) is 24.3 Å². The van der Waals surface area contributed by atoms with Crippen molar-refractivity contribution in [2.75, 3.05) is 0 Å². The third kappa shape index (κ3) is 5.19. The van der Waals surface area contributed by atoms with Gasteiger partial charge in [0.25, 0.3) is 0 Å². The lowest BCUT2D eigenvalue weighted by Crippen LogP contribution is -2.62. The Morgan fingerprint density at radius 1 is 1.30 bits per heavy atom. The van der Waals surface area contributed by atoms with Crippen LogP contribution in [0.1, 0.15) is 30.9 Å². The monoisotopic (exact) mass is 317 g/mol. The van der Waals surface area contributed by atoms with Gasteiger partial charge in [0.1, 0.15) is 6.04 Å². The maximum Gasteiger partial charge on any atom is 0.335 e. The summed E-state index contributed by atoms with van der Waals surface area (Å²) in [6.45, 7) is 2.08. The second kappa shape index (κ2) is 8.04. The summed E-state index contributed by atoms with van der Waals surface area (Å²) in [5.74, 6) is -0.765. The number of benzene rings is 1. The molecule has 8 nitrogen and oxygen atoms in total. The molecule has 1 atom stereocenters. The van der Waals surface area contributed by atoms with E-state index >= 15 is 0 Å². The third-order valence-corrected chi connectivity index (χ3v) is 3.36. The molecule has 1 aliphatic heterocycles. The Labute approximate surface area is 133 Å². The van der Waals surface area contributed by atoms with Gasteiger partial charge in [0.2, 0.25) is 11.8 Å². The van der Waals surface area contributed by atoms with Gasteiger partial charge >= 0.3 is 6.03 Å². The number of carbonyl (C=O) groups excluding carboxylic acids is 3. The standard InChI is InChI=1S/C15H19N5O3/c1-2-10-3-5-11(6-4-10)9-16-19-13(21)8-7-12-14(22)17-15(23)20-18-12/h3-6,9,12,18H,2,7-8H2,1H3,(H,19,21)(H2,17,20,22,23)/b16-9+. The Morgan fingerprint density at radius 3 is 2.70 bits per heavy atom. The molecule has 1 aromatic rings. The van der Waals surface area contributed by atoms with E-state index in [2.05, 4.69) is 33.6 Å². The zero-order valence-corrected chi connectivity index (χ0v) is 12.8. The average Bonchev–Trinajstić information content (AvgIpc) is 2.54. The second-order valence-corrected chi connectivity index (χ2v) is 5.07. The highest BCUT2D eigenvalue weighted by molar-refractivity contribution is 5.99. The lowest BCUT2D eigenvalue weighted by Gasteiger charge is -2.22. The summed E-state index contributed by atoms with van der Waals surface area (Å²) in [6.07, 6.45) is 2.88. The number of hydrogen-bond acceptors (Lipinski definition) is 5. The SMILES string of the molecule is CCc1ccc(/C=N/NC(=O)CCC2NNC(=O)NC2=O)cc1. The van der Waals surface area contributed by atoms with Crippen molar-refractivity contribution >= 4 is 24.1 Å². The predicted molar refractivity (Wildman–Crippen MR) is 84.4 cm³/mol. The van der Waals surface area contributed by atoms with Crippen LogP contribution in [-0.4, -0.2) is 30.1 Å². The number of hydrazine groups is 1. The number of hydrogen-bond donors (Lipinski definition) is 4. The molecule has 1 fully saturated rings. The Kier molecular flexibility index (Phi) is 5.81. The van der Waals surface area contributed by atoms with Crippen molar-refractivity contribution in [1.29, 1.82) is 0 Å². The van der Waals surface area contributed by atoms with Crippen LogP contribution in [0.5, 0.6) is 0 Å². The fraction of sp³-hybridized carbons (Fsp3) is 0.333. The first-order valence-corrected chi connectivity index (χ1v) is 7.35. The van der Waals surface area contributed by atoms with Gasteiger partial charge in [-0.2, -0.15) is 5.10 Å². The Balaban J connectivity index is 1.73. The Morgan fingerprint density at radius 2 is 2.04 bits per heavy atom. The fourth-order valence-corrected chi connectivity index (χ4v) is 2.00. The molecule has 1 heterocycles. The van der Waals surface area contributed by atoms with Crippen molar-refractivity contribution < 1.29 is 14.4 Å². The molecule has 0 aliphatic carbocycles. The Bertz CT molecular complexity index is 612. The van der Waals surface area contributed by atoms with Crippen molar-refractivity contribution in [2.45, 2.75) is 32.2 Å². The van der Waals surface area contributed by atoms with Crippen molar-refractivity contribution in [1.82, 2.24) is 21.6 Å². The molecule has 0 saturated carbocycles. The van der Waals surface area contributed by atoms with Gasteiger partial charge in [-0.25, -0.2) is 15.6 Å². The highest BCUT2D eigenvalue weighted by Crippen LogP contribution is 2.03. The number of nitrogens with one attached hydrogen (secondary N) is 4. The average molecular weight is 317 g/mol. The van der Waals surface area contributed by atoms with Gasteiger partial charge in [0, 0.05) is 6.42 Å². The van der Waals surface area contributed by atoms with Crippen LogP contribution in [0.15, 0.2) is 29.4 Å². The van der Waals surface area contributed by atoms with E-state index in [-0.39, 0.29) is 18.7 Å². The molecule has 122 valence electrons. The van der Waals surface area contributed by atoms with Crippen LogP contribution in [0.2, 0.25) is 0 Å². The first-order valence-electron chi connectivity index (χ1n) is 7.35. The smallest absolute Gasteiger partial charge is 0.276 e. The van der Waals surface area contributed by atoms with Gasteiger partial charge in [-0.15, -0.1) is 0 Å². The number of hydrazone groups is 1. The van der Waals surface area contributed by atoms with Gasteiger partial charge in [-0.1, -0.05) is 31.2 Å². The maximum atomic E-state index is 11.7. The van der Waals surface area contributed by atoms with Gasteiger partial charge in [-0.05, 0) is 24.0 Å². The molecule has 0 spiro atoms. The normalized spacial score (nSPS) is 17.7. The number of aryl methyl sites for hydroxylation is 1. The molecule has 2 rings (SSSR count). The molecule has 8 heteroatoms.